The maximum Gasteiger partial charge on any atom is 0.319 e. The Morgan fingerprint density at radius 3 is 2.71 bits per heavy atom. The molecule has 0 saturated heterocycles. The molecule has 1 aromatic carbocycles. The van der Waals surface area contributed by atoms with Gasteiger partial charge in [0.1, 0.15) is 6.29 Å². The van der Waals surface area contributed by atoms with Crippen molar-refractivity contribution in [3.63, 3.8) is 0 Å². The van der Waals surface area contributed by atoms with Gasteiger partial charge in [0.2, 0.25) is 0 Å². The Morgan fingerprint density at radius 2 is 2.21 bits per heavy atom. The molecule has 0 atom stereocenters. The summed E-state index contributed by atoms with van der Waals surface area (Å²) >= 11 is 3.24. The second kappa shape index (κ2) is 4.76. The van der Waals surface area contributed by atoms with Crippen LogP contribution < -0.4 is 10.6 Å². The number of carbonyl (C=O) groups is 2. The highest BCUT2D eigenvalue weighted by molar-refractivity contribution is 9.10. The van der Waals surface area contributed by atoms with Crippen LogP contribution in [0.15, 0.2) is 22.7 Å². The van der Waals surface area contributed by atoms with Gasteiger partial charge < -0.3 is 10.6 Å². The van der Waals surface area contributed by atoms with E-state index in [9.17, 15) is 9.59 Å². The fourth-order valence-electron chi connectivity index (χ4n) is 0.891. The van der Waals surface area contributed by atoms with Gasteiger partial charge in [0, 0.05) is 17.1 Å². The van der Waals surface area contributed by atoms with Gasteiger partial charge in [0.25, 0.3) is 0 Å². The second-order valence-corrected chi connectivity index (χ2v) is 3.42. The Kier molecular flexibility index (Phi) is 3.64. The van der Waals surface area contributed by atoms with Gasteiger partial charge in [-0.05, 0) is 34.1 Å². The van der Waals surface area contributed by atoms with E-state index in [1.165, 1.54) is 7.05 Å². The number of benzene rings is 1. The number of hydrogen-bond acceptors (Lipinski definition) is 2. The van der Waals surface area contributed by atoms with Crippen molar-refractivity contribution in [3.8, 4) is 0 Å². The smallest absolute Gasteiger partial charge is 0.319 e. The molecule has 0 spiro atoms. The number of anilines is 1. The Balaban J connectivity index is 2.89. The largest absolute Gasteiger partial charge is 0.341 e. The summed E-state index contributed by atoms with van der Waals surface area (Å²) in [6.45, 7) is 0. The molecule has 14 heavy (non-hydrogen) atoms. The number of rotatable bonds is 2. The molecule has 2 amide bonds. The normalized spacial score (nSPS) is 9.29. The van der Waals surface area contributed by atoms with E-state index in [2.05, 4.69) is 26.6 Å². The number of aldehydes is 1. The maximum absolute atomic E-state index is 11.0. The summed E-state index contributed by atoms with van der Waals surface area (Å²) in [6.07, 6.45) is 0.744. The zero-order valence-corrected chi connectivity index (χ0v) is 9.09. The molecule has 0 aliphatic rings. The summed E-state index contributed by atoms with van der Waals surface area (Å²) in [5.74, 6) is 0. The van der Waals surface area contributed by atoms with Crippen LogP contribution in [0, 0.1) is 0 Å². The predicted molar refractivity (Wildman–Crippen MR) is 57.6 cm³/mol. The summed E-state index contributed by atoms with van der Waals surface area (Å²) in [7, 11) is 1.53. The lowest BCUT2D eigenvalue weighted by Crippen LogP contribution is -2.24. The number of nitrogens with one attached hydrogen (secondary N) is 2. The lowest BCUT2D eigenvalue weighted by atomic mass is 10.2. The van der Waals surface area contributed by atoms with Crippen LogP contribution in [0.3, 0.4) is 0 Å². The molecule has 2 N–H and O–H groups in total. The standard InChI is InChI=1S/C9H9BrN2O2/c1-11-9(14)12-8-3-2-6(5-13)4-7(8)10/h2-5H,1H3,(H2,11,12,14). The van der Waals surface area contributed by atoms with Crippen molar-refractivity contribution < 1.29 is 9.59 Å². The van der Waals surface area contributed by atoms with Crippen molar-refractivity contribution in [2.24, 2.45) is 0 Å². The van der Waals surface area contributed by atoms with Crippen LogP contribution in [0.5, 0.6) is 0 Å². The molecule has 0 aromatic heterocycles. The highest BCUT2D eigenvalue weighted by Crippen LogP contribution is 2.22. The second-order valence-electron chi connectivity index (χ2n) is 2.56. The molecule has 1 aromatic rings. The first-order valence-electron chi connectivity index (χ1n) is 3.91. The van der Waals surface area contributed by atoms with Gasteiger partial charge in [0.05, 0.1) is 5.69 Å². The van der Waals surface area contributed by atoms with Gasteiger partial charge in [-0.25, -0.2) is 4.79 Å². The summed E-state index contributed by atoms with van der Waals surface area (Å²) in [6, 6.07) is 4.62. The van der Waals surface area contributed by atoms with Crippen LogP contribution in [0.25, 0.3) is 0 Å². The van der Waals surface area contributed by atoms with Gasteiger partial charge in [-0.3, -0.25) is 4.79 Å². The Labute approximate surface area is 89.8 Å². The molecule has 0 saturated carbocycles. The fourth-order valence-corrected chi connectivity index (χ4v) is 1.39. The van der Waals surface area contributed by atoms with E-state index in [0.717, 1.165) is 6.29 Å². The number of carbonyl (C=O) groups excluding carboxylic acids is 2. The SMILES string of the molecule is CNC(=O)Nc1ccc(C=O)cc1Br. The number of hydrogen-bond donors (Lipinski definition) is 2. The van der Waals surface area contributed by atoms with Gasteiger partial charge in [0.15, 0.2) is 0 Å². The van der Waals surface area contributed by atoms with E-state index >= 15 is 0 Å². The first-order valence-corrected chi connectivity index (χ1v) is 4.70. The van der Waals surface area contributed by atoms with Crippen LogP contribution >= 0.6 is 15.9 Å². The molecule has 0 unspecified atom stereocenters. The number of amides is 2. The number of halogens is 1. The van der Waals surface area contributed by atoms with Crippen LogP contribution in [0.1, 0.15) is 10.4 Å². The highest BCUT2D eigenvalue weighted by Gasteiger charge is 2.03. The highest BCUT2D eigenvalue weighted by atomic mass is 79.9. The van der Waals surface area contributed by atoms with Gasteiger partial charge in [-0.1, -0.05) is 0 Å². The average Bonchev–Trinajstić information content (AvgIpc) is 2.20. The van der Waals surface area contributed by atoms with E-state index in [0.29, 0.717) is 15.7 Å². The first-order chi connectivity index (χ1) is 6.67. The molecule has 0 heterocycles. The molecule has 0 fully saturated rings. The minimum Gasteiger partial charge on any atom is -0.341 e. The van der Waals surface area contributed by atoms with Crippen molar-refractivity contribution in [1.82, 2.24) is 5.32 Å². The first kappa shape index (κ1) is 10.7. The van der Waals surface area contributed by atoms with Crippen LogP contribution in [0.4, 0.5) is 10.5 Å². The summed E-state index contributed by atoms with van der Waals surface area (Å²) in [4.78, 5) is 21.4. The number of urea groups is 1. The lowest BCUT2D eigenvalue weighted by Gasteiger charge is -2.06. The molecule has 0 aliphatic heterocycles. The molecule has 0 bridgehead atoms. The third-order valence-electron chi connectivity index (χ3n) is 1.60. The monoisotopic (exact) mass is 256 g/mol. The summed E-state index contributed by atoms with van der Waals surface area (Å²) in [5.41, 5.74) is 1.18. The third-order valence-corrected chi connectivity index (χ3v) is 2.26. The molecule has 1 rings (SSSR count). The van der Waals surface area contributed by atoms with Gasteiger partial charge in [-0.15, -0.1) is 0 Å². The predicted octanol–water partition coefficient (Wildman–Crippen LogP) is 2.01. The molecule has 74 valence electrons. The molecule has 5 heteroatoms. The zero-order chi connectivity index (χ0) is 10.6. The average molecular weight is 257 g/mol. The van der Waals surface area contributed by atoms with E-state index in [1.807, 2.05) is 0 Å². The molecule has 0 aliphatic carbocycles. The van der Waals surface area contributed by atoms with Crippen LogP contribution in [-0.2, 0) is 0 Å². The van der Waals surface area contributed by atoms with Crippen molar-refractivity contribution in [3.05, 3.63) is 28.2 Å². The summed E-state index contributed by atoms with van der Waals surface area (Å²) in [5, 5.41) is 5.03. The quantitative estimate of drug-likeness (QED) is 0.796. The molecule has 0 radical (unpaired) electrons. The fraction of sp³-hybridized carbons (Fsp3) is 0.111. The van der Waals surface area contributed by atoms with E-state index in [1.54, 1.807) is 18.2 Å². The minimum atomic E-state index is -0.301. The molecular formula is C9H9BrN2O2. The van der Waals surface area contributed by atoms with Crippen molar-refractivity contribution in [1.29, 1.82) is 0 Å². The molecule has 4 nitrogen and oxygen atoms in total. The summed E-state index contributed by atoms with van der Waals surface area (Å²) < 4.78 is 0.672. The Bertz CT molecular complexity index is 366. The van der Waals surface area contributed by atoms with Crippen molar-refractivity contribution in [2.75, 3.05) is 12.4 Å². The third kappa shape index (κ3) is 2.56. The van der Waals surface area contributed by atoms with E-state index < -0.39 is 0 Å². The van der Waals surface area contributed by atoms with Crippen molar-refractivity contribution >= 4 is 33.9 Å². The Morgan fingerprint density at radius 1 is 1.50 bits per heavy atom. The van der Waals surface area contributed by atoms with Crippen molar-refractivity contribution in [2.45, 2.75) is 0 Å². The van der Waals surface area contributed by atoms with E-state index in [-0.39, 0.29) is 6.03 Å². The van der Waals surface area contributed by atoms with E-state index in [4.69, 9.17) is 0 Å². The molecular weight excluding hydrogens is 248 g/mol. The Hall–Kier alpha value is -1.36. The van der Waals surface area contributed by atoms with Gasteiger partial charge >= 0.3 is 6.03 Å². The zero-order valence-electron chi connectivity index (χ0n) is 7.50. The van der Waals surface area contributed by atoms with Crippen LogP contribution in [0.2, 0.25) is 0 Å². The lowest BCUT2D eigenvalue weighted by molar-refractivity contribution is 0.112. The maximum atomic E-state index is 11.0. The van der Waals surface area contributed by atoms with Crippen LogP contribution in [-0.4, -0.2) is 19.4 Å². The minimum absolute atomic E-state index is 0.301. The topological polar surface area (TPSA) is 58.2 Å². The van der Waals surface area contributed by atoms with Gasteiger partial charge in [-0.2, -0.15) is 0 Å².